The number of aromatic nitrogens is 1. The molecule has 1 atom stereocenters. The number of carbonyl (C=O) groups excluding carboxylic acids is 1. The van der Waals surface area contributed by atoms with Gasteiger partial charge in [-0.2, -0.15) is 0 Å². The summed E-state index contributed by atoms with van der Waals surface area (Å²) in [5.74, 6) is 0.268. The molecule has 0 bridgehead atoms. The molecule has 1 aliphatic rings. The van der Waals surface area contributed by atoms with E-state index in [1.165, 1.54) is 18.2 Å². The number of hydrogen-bond donors (Lipinski definition) is 0. The minimum absolute atomic E-state index is 0.0639. The summed E-state index contributed by atoms with van der Waals surface area (Å²) in [5.41, 5.74) is 2.57. The van der Waals surface area contributed by atoms with Crippen molar-refractivity contribution in [2.75, 3.05) is 13.2 Å². The van der Waals surface area contributed by atoms with Crippen molar-refractivity contribution in [1.29, 1.82) is 0 Å². The highest BCUT2D eigenvalue weighted by atomic mass is 19.1. The van der Waals surface area contributed by atoms with Crippen molar-refractivity contribution < 1.29 is 18.7 Å². The Bertz CT molecular complexity index is 1070. The van der Waals surface area contributed by atoms with Gasteiger partial charge < -0.3 is 14.4 Å². The van der Waals surface area contributed by atoms with Crippen LogP contribution in [0, 0.1) is 5.82 Å². The standard InChI is InChI=1S/C26H25FN2O3/c27-23-5-1-3-20(15-23)7-8-26(30)29(17-21-9-12-28-13-10-21)18-22-4-2-6-24(16-22)32-25-11-14-31-19-25/h1-10,12-13,15-16,25H,11,14,17-19H2/b8-7+. The number of amides is 1. The van der Waals surface area contributed by atoms with Gasteiger partial charge in [0.2, 0.25) is 5.91 Å². The highest BCUT2D eigenvalue weighted by molar-refractivity contribution is 5.91. The Morgan fingerprint density at radius 3 is 2.69 bits per heavy atom. The maximum Gasteiger partial charge on any atom is 0.247 e. The van der Waals surface area contributed by atoms with Gasteiger partial charge in [-0.1, -0.05) is 24.3 Å². The first-order chi connectivity index (χ1) is 15.7. The summed E-state index contributed by atoms with van der Waals surface area (Å²) in [6.07, 6.45) is 7.46. The zero-order valence-electron chi connectivity index (χ0n) is 17.7. The topological polar surface area (TPSA) is 51.7 Å². The number of halogens is 1. The zero-order chi connectivity index (χ0) is 22.2. The highest BCUT2D eigenvalue weighted by Crippen LogP contribution is 2.20. The summed E-state index contributed by atoms with van der Waals surface area (Å²) in [5, 5.41) is 0. The summed E-state index contributed by atoms with van der Waals surface area (Å²) in [7, 11) is 0. The summed E-state index contributed by atoms with van der Waals surface area (Å²) in [6, 6.07) is 17.7. The second kappa shape index (κ2) is 10.7. The van der Waals surface area contributed by atoms with Crippen molar-refractivity contribution in [3.8, 4) is 5.75 Å². The van der Waals surface area contributed by atoms with Crippen molar-refractivity contribution >= 4 is 12.0 Å². The van der Waals surface area contributed by atoms with Crippen molar-refractivity contribution in [3.05, 3.63) is 102 Å². The van der Waals surface area contributed by atoms with E-state index in [1.807, 2.05) is 36.4 Å². The van der Waals surface area contributed by atoms with Crippen LogP contribution >= 0.6 is 0 Å². The van der Waals surface area contributed by atoms with Crippen LogP contribution < -0.4 is 4.74 Å². The second-order valence-corrected chi connectivity index (χ2v) is 7.69. The quantitative estimate of drug-likeness (QED) is 0.487. The molecule has 5 nitrogen and oxygen atoms in total. The van der Waals surface area contributed by atoms with Crippen molar-refractivity contribution in [3.63, 3.8) is 0 Å². The largest absolute Gasteiger partial charge is 0.488 e. The number of nitrogens with zero attached hydrogens (tertiary/aromatic N) is 2. The lowest BCUT2D eigenvalue weighted by molar-refractivity contribution is -0.127. The fourth-order valence-electron chi connectivity index (χ4n) is 3.54. The van der Waals surface area contributed by atoms with Crippen LogP contribution in [0.15, 0.2) is 79.1 Å². The maximum atomic E-state index is 13.5. The lowest BCUT2D eigenvalue weighted by Gasteiger charge is -2.22. The molecule has 3 aromatic rings. The molecule has 4 rings (SSSR count). The van der Waals surface area contributed by atoms with E-state index in [4.69, 9.17) is 9.47 Å². The lowest BCUT2D eigenvalue weighted by Crippen LogP contribution is -2.28. The van der Waals surface area contributed by atoms with E-state index in [0.717, 1.165) is 29.9 Å². The van der Waals surface area contributed by atoms with E-state index in [1.54, 1.807) is 35.5 Å². The van der Waals surface area contributed by atoms with Crippen LogP contribution in [0.3, 0.4) is 0 Å². The van der Waals surface area contributed by atoms with Gasteiger partial charge in [-0.15, -0.1) is 0 Å². The van der Waals surface area contributed by atoms with Crippen LogP contribution in [0.2, 0.25) is 0 Å². The molecule has 0 radical (unpaired) electrons. The second-order valence-electron chi connectivity index (χ2n) is 7.69. The first-order valence-electron chi connectivity index (χ1n) is 10.6. The van der Waals surface area contributed by atoms with Gasteiger partial charge in [-0.25, -0.2) is 4.39 Å². The van der Waals surface area contributed by atoms with Crippen molar-refractivity contribution in [1.82, 2.24) is 9.88 Å². The van der Waals surface area contributed by atoms with Gasteiger partial charge in [0.05, 0.1) is 13.2 Å². The number of benzene rings is 2. The van der Waals surface area contributed by atoms with Crippen LogP contribution in [-0.4, -0.2) is 35.1 Å². The zero-order valence-corrected chi connectivity index (χ0v) is 17.7. The molecular formula is C26H25FN2O3. The van der Waals surface area contributed by atoms with E-state index in [9.17, 15) is 9.18 Å². The maximum absolute atomic E-state index is 13.5. The lowest BCUT2D eigenvalue weighted by atomic mass is 10.1. The summed E-state index contributed by atoms with van der Waals surface area (Å²) in [6.45, 7) is 2.15. The summed E-state index contributed by atoms with van der Waals surface area (Å²) >= 11 is 0. The molecule has 164 valence electrons. The average molecular weight is 432 g/mol. The van der Waals surface area contributed by atoms with E-state index in [2.05, 4.69) is 4.98 Å². The van der Waals surface area contributed by atoms with Gasteiger partial charge in [0.1, 0.15) is 17.7 Å². The molecule has 0 saturated carbocycles. The van der Waals surface area contributed by atoms with E-state index in [-0.39, 0.29) is 17.8 Å². The van der Waals surface area contributed by atoms with Gasteiger partial charge in [0, 0.05) is 38.0 Å². The minimum Gasteiger partial charge on any atom is -0.488 e. The Morgan fingerprint density at radius 1 is 1.09 bits per heavy atom. The Balaban J connectivity index is 1.50. The fraction of sp³-hybridized carbons (Fsp3) is 0.231. The van der Waals surface area contributed by atoms with Gasteiger partial charge in [0.25, 0.3) is 0 Å². The third-order valence-corrected chi connectivity index (χ3v) is 5.16. The van der Waals surface area contributed by atoms with Crippen LogP contribution in [0.5, 0.6) is 5.75 Å². The van der Waals surface area contributed by atoms with Gasteiger partial charge in [-0.05, 0) is 59.2 Å². The summed E-state index contributed by atoms with van der Waals surface area (Å²) < 4.78 is 24.8. The predicted octanol–water partition coefficient (Wildman–Crippen LogP) is 4.63. The molecule has 1 aliphatic heterocycles. The third-order valence-electron chi connectivity index (χ3n) is 5.16. The average Bonchev–Trinajstić information content (AvgIpc) is 3.31. The normalized spacial score (nSPS) is 15.7. The Kier molecular flexibility index (Phi) is 7.25. The molecule has 0 spiro atoms. The van der Waals surface area contributed by atoms with E-state index < -0.39 is 0 Å². The SMILES string of the molecule is O=C(/C=C/c1cccc(F)c1)N(Cc1ccncc1)Cc1cccc(OC2CCOC2)c1. The molecule has 6 heteroatoms. The summed E-state index contributed by atoms with van der Waals surface area (Å²) in [4.78, 5) is 18.8. The molecule has 0 aliphatic carbocycles. The number of rotatable bonds is 8. The molecule has 1 aromatic heterocycles. The van der Waals surface area contributed by atoms with Crippen LogP contribution in [0.1, 0.15) is 23.1 Å². The Morgan fingerprint density at radius 2 is 1.91 bits per heavy atom. The van der Waals surface area contributed by atoms with Gasteiger partial charge in [-0.3, -0.25) is 9.78 Å². The molecule has 2 aromatic carbocycles. The predicted molar refractivity (Wildman–Crippen MR) is 120 cm³/mol. The molecule has 32 heavy (non-hydrogen) atoms. The number of carbonyl (C=O) groups is 1. The van der Waals surface area contributed by atoms with Gasteiger partial charge >= 0.3 is 0 Å². The van der Waals surface area contributed by atoms with E-state index >= 15 is 0 Å². The van der Waals surface area contributed by atoms with Crippen molar-refractivity contribution in [2.45, 2.75) is 25.6 Å². The number of hydrogen-bond acceptors (Lipinski definition) is 4. The Hall–Kier alpha value is -3.51. The smallest absolute Gasteiger partial charge is 0.247 e. The monoisotopic (exact) mass is 432 g/mol. The molecule has 1 saturated heterocycles. The first kappa shape index (κ1) is 21.7. The molecule has 0 N–H and O–H groups in total. The Labute approximate surface area is 187 Å². The minimum atomic E-state index is -0.335. The van der Waals surface area contributed by atoms with Crippen LogP contribution in [0.25, 0.3) is 6.08 Å². The molecule has 1 unspecified atom stereocenters. The van der Waals surface area contributed by atoms with Crippen LogP contribution in [-0.2, 0) is 22.6 Å². The number of ether oxygens (including phenoxy) is 2. The molecule has 1 fully saturated rings. The number of pyridine rings is 1. The third kappa shape index (κ3) is 6.25. The fourth-order valence-corrected chi connectivity index (χ4v) is 3.54. The van der Waals surface area contributed by atoms with E-state index in [0.29, 0.717) is 25.3 Å². The van der Waals surface area contributed by atoms with Crippen molar-refractivity contribution in [2.24, 2.45) is 0 Å². The van der Waals surface area contributed by atoms with Crippen LogP contribution in [0.4, 0.5) is 4.39 Å². The molecule has 1 amide bonds. The molecule has 2 heterocycles. The molecular weight excluding hydrogens is 407 g/mol. The highest BCUT2D eigenvalue weighted by Gasteiger charge is 2.18. The van der Waals surface area contributed by atoms with Gasteiger partial charge in [0.15, 0.2) is 0 Å². The first-order valence-corrected chi connectivity index (χ1v) is 10.6.